The van der Waals surface area contributed by atoms with Crippen molar-refractivity contribution in [3.8, 4) is 0 Å². The fourth-order valence-corrected chi connectivity index (χ4v) is 2.04. The Hall–Kier alpha value is -1.23. The van der Waals surface area contributed by atoms with Crippen LogP contribution in [0.2, 0.25) is 0 Å². The molecule has 14 heavy (non-hydrogen) atoms. The number of fused-ring (bicyclic) bond motifs is 1. The highest BCUT2D eigenvalue weighted by molar-refractivity contribution is 7.98. The number of aromatic nitrogens is 1. The summed E-state index contributed by atoms with van der Waals surface area (Å²) in [4.78, 5) is 16.7. The number of carbonyl (C=O) groups is 1. The lowest BCUT2D eigenvalue weighted by atomic mass is 10.1. The first-order chi connectivity index (χ1) is 6.74. The summed E-state index contributed by atoms with van der Waals surface area (Å²) in [6.45, 7) is 2.48. The summed E-state index contributed by atoms with van der Waals surface area (Å²) in [5.41, 5.74) is 2.45. The van der Waals surface area contributed by atoms with E-state index >= 15 is 0 Å². The minimum atomic E-state index is -0.102. The molecule has 0 atom stereocenters. The average Bonchev–Trinajstić information content (AvgIpc) is 2.20. The fourth-order valence-electron chi connectivity index (χ4n) is 1.48. The van der Waals surface area contributed by atoms with Gasteiger partial charge in [-0.05, 0) is 18.7 Å². The number of nitrogens with zero attached hydrogens (tertiary/aromatic N) is 1. The van der Waals surface area contributed by atoms with Gasteiger partial charge in [-0.2, -0.15) is 0 Å². The normalized spacial score (nSPS) is 14.3. The number of hydrogen-bond donors (Lipinski definition) is 2. The molecule has 2 rings (SSSR count). The molecule has 2 N–H and O–H groups in total. The van der Waals surface area contributed by atoms with Gasteiger partial charge in [0.1, 0.15) is 0 Å². The minimum absolute atomic E-state index is 0.102. The molecule has 0 saturated heterocycles. The fraction of sp³-hybridized carbons (Fsp3) is 0.333. The van der Waals surface area contributed by atoms with Crippen LogP contribution in [0.5, 0.6) is 0 Å². The molecule has 0 spiro atoms. The zero-order valence-electron chi connectivity index (χ0n) is 8.05. The van der Waals surface area contributed by atoms with Crippen LogP contribution in [-0.4, -0.2) is 23.8 Å². The van der Waals surface area contributed by atoms with E-state index in [1.807, 2.05) is 13.2 Å². The number of rotatable bonds is 1. The second-order valence-electron chi connectivity index (χ2n) is 3.03. The molecule has 0 saturated carbocycles. The molecule has 1 aromatic rings. The van der Waals surface area contributed by atoms with Crippen molar-refractivity contribution in [1.82, 2.24) is 10.3 Å². The molecule has 0 aliphatic carbocycles. The Balaban J connectivity index is 2.57. The molecule has 1 aromatic heterocycles. The van der Waals surface area contributed by atoms with Crippen LogP contribution >= 0.6 is 11.8 Å². The second-order valence-corrected chi connectivity index (χ2v) is 3.88. The summed E-state index contributed by atoms with van der Waals surface area (Å²) in [5, 5.41) is 5.81. The van der Waals surface area contributed by atoms with Gasteiger partial charge >= 0.3 is 0 Å². The molecule has 1 aliphatic rings. The van der Waals surface area contributed by atoms with Crippen molar-refractivity contribution in [2.45, 2.75) is 11.8 Å². The molecular formula is C9H11N3OS. The van der Waals surface area contributed by atoms with Crippen LogP contribution in [-0.2, 0) is 0 Å². The number of thioether (sulfide) groups is 1. The Morgan fingerprint density at radius 3 is 3.00 bits per heavy atom. The Kier molecular flexibility index (Phi) is 2.33. The zero-order chi connectivity index (χ0) is 10.1. The second kappa shape index (κ2) is 3.49. The van der Waals surface area contributed by atoms with Crippen molar-refractivity contribution in [3.63, 3.8) is 0 Å². The van der Waals surface area contributed by atoms with E-state index in [1.54, 1.807) is 18.0 Å². The molecule has 0 radical (unpaired) electrons. The summed E-state index contributed by atoms with van der Waals surface area (Å²) in [6, 6.07) is 0. The Labute approximate surface area is 86.5 Å². The molecule has 5 heteroatoms. The number of anilines is 1. The smallest absolute Gasteiger partial charge is 0.273 e. The summed E-state index contributed by atoms with van der Waals surface area (Å²) >= 11 is 1.64. The predicted octanol–water partition coefficient (Wildman–Crippen LogP) is 1.22. The lowest BCUT2D eigenvalue weighted by molar-refractivity contribution is 0.0947. The highest BCUT2D eigenvalue weighted by Gasteiger charge is 2.20. The van der Waals surface area contributed by atoms with Crippen LogP contribution in [0, 0.1) is 6.92 Å². The first kappa shape index (κ1) is 9.33. The quantitative estimate of drug-likeness (QED) is 0.683. The molecule has 0 aromatic carbocycles. The predicted molar refractivity (Wildman–Crippen MR) is 56.7 cm³/mol. The molecule has 0 fully saturated rings. The van der Waals surface area contributed by atoms with Gasteiger partial charge < -0.3 is 10.6 Å². The summed E-state index contributed by atoms with van der Waals surface area (Å²) in [6.07, 6.45) is 3.74. The van der Waals surface area contributed by atoms with Crippen LogP contribution in [0.4, 0.5) is 5.69 Å². The van der Waals surface area contributed by atoms with Gasteiger partial charge in [0.25, 0.3) is 5.91 Å². The lowest BCUT2D eigenvalue weighted by Gasteiger charge is -2.20. The third-order valence-corrected chi connectivity index (χ3v) is 3.09. The molecule has 2 heterocycles. The summed E-state index contributed by atoms with van der Waals surface area (Å²) in [5.74, 6) is -0.102. The van der Waals surface area contributed by atoms with Crippen molar-refractivity contribution < 1.29 is 4.79 Å². The summed E-state index contributed by atoms with van der Waals surface area (Å²) < 4.78 is 0. The van der Waals surface area contributed by atoms with E-state index < -0.39 is 0 Å². The number of amides is 1. The van der Waals surface area contributed by atoms with Crippen LogP contribution in [0.25, 0.3) is 0 Å². The van der Waals surface area contributed by atoms with E-state index in [-0.39, 0.29) is 5.91 Å². The largest absolute Gasteiger partial charge is 0.366 e. The molecule has 0 bridgehead atoms. The maximum Gasteiger partial charge on any atom is 0.273 e. The average molecular weight is 209 g/mol. The maximum atomic E-state index is 11.4. The zero-order valence-corrected chi connectivity index (χ0v) is 8.86. The van der Waals surface area contributed by atoms with Crippen molar-refractivity contribution in [2.24, 2.45) is 0 Å². The van der Waals surface area contributed by atoms with Crippen molar-refractivity contribution >= 4 is 23.4 Å². The van der Waals surface area contributed by atoms with E-state index in [9.17, 15) is 4.79 Å². The van der Waals surface area contributed by atoms with Crippen LogP contribution in [0.15, 0.2) is 11.1 Å². The van der Waals surface area contributed by atoms with Crippen LogP contribution in [0.3, 0.4) is 0 Å². The number of hydrogen-bond acceptors (Lipinski definition) is 4. The lowest BCUT2D eigenvalue weighted by Crippen LogP contribution is -2.36. The Bertz CT molecular complexity index is 392. The van der Waals surface area contributed by atoms with E-state index in [0.717, 1.165) is 16.1 Å². The monoisotopic (exact) mass is 209 g/mol. The van der Waals surface area contributed by atoms with Gasteiger partial charge in [0, 0.05) is 11.1 Å². The van der Waals surface area contributed by atoms with E-state index in [4.69, 9.17) is 0 Å². The molecule has 1 amide bonds. The van der Waals surface area contributed by atoms with Gasteiger partial charge in [-0.25, -0.2) is 4.98 Å². The van der Waals surface area contributed by atoms with Gasteiger partial charge in [-0.3, -0.25) is 4.79 Å². The third kappa shape index (κ3) is 1.33. The van der Waals surface area contributed by atoms with Crippen LogP contribution < -0.4 is 10.6 Å². The Morgan fingerprint density at radius 1 is 1.50 bits per heavy atom. The van der Waals surface area contributed by atoms with Crippen molar-refractivity contribution in [3.05, 3.63) is 17.5 Å². The standard InChI is InChI=1S/C9H11N3OS/c1-5-6(14-2)3-10-8-7(5)11-4-12-9(8)13/h3,11H,4H2,1-2H3,(H,12,13). The van der Waals surface area contributed by atoms with Gasteiger partial charge in [-0.15, -0.1) is 11.8 Å². The first-order valence-corrected chi connectivity index (χ1v) is 5.52. The van der Waals surface area contributed by atoms with Gasteiger partial charge in [0.05, 0.1) is 12.4 Å². The van der Waals surface area contributed by atoms with Gasteiger partial charge in [-0.1, -0.05) is 0 Å². The molecule has 74 valence electrons. The summed E-state index contributed by atoms with van der Waals surface area (Å²) in [7, 11) is 0. The molecule has 4 nitrogen and oxygen atoms in total. The van der Waals surface area contributed by atoms with Gasteiger partial charge in [0.15, 0.2) is 5.69 Å². The SMILES string of the molecule is CSc1cnc2c(c1C)NCNC2=O. The van der Waals surface area contributed by atoms with Crippen molar-refractivity contribution in [1.29, 1.82) is 0 Å². The number of carbonyl (C=O) groups excluding carboxylic acids is 1. The Morgan fingerprint density at radius 2 is 2.29 bits per heavy atom. The first-order valence-electron chi connectivity index (χ1n) is 4.29. The van der Waals surface area contributed by atoms with E-state index in [1.165, 1.54) is 0 Å². The minimum Gasteiger partial charge on any atom is -0.366 e. The highest BCUT2D eigenvalue weighted by Crippen LogP contribution is 2.28. The number of pyridine rings is 1. The molecular weight excluding hydrogens is 198 g/mol. The third-order valence-electron chi connectivity index (χ3n) is 2.24. The topological polar surface area (TPSA) is 54.0 Å². The molecule has 0 unspecified atom stereocenters. The van der Waals surface area contributed by atoms with Crippen molar-refractivity contribution in [2.75, 3.05) is 18.2 Å². The number of nitrogens with one attached hydrogen (secondary N) is 2. The van der Waals surface area contributed by atoms with E-state index in [2.05, 4.69) is 15.6 Å². The highest BCUT2D eigenvalue weighted by atomic mass is 32.2. The van der Waals surface area contributed by atoms with E-state index in [0.29, 0.717) is 12.4 Å². The molecule has 1 aliphatic heterocycles. The van der Waals surface area contributed by atoms with Gasteiger partial charge in [0.2, 0.25) is 0 Å². The van der Waals surface area contributed by atoms with Crippen LogP contribution in [0.1, 0.15) is 16.1 Å². The maximum absolute atomic E-state index is 11.4.